The molecule has 3 aromatic heterocycles. The first-order valence-electron chi connectivity index (χ1n) is 9.95. The van der Waals surface area contributed by atoms with E-state index in [1.165, 1.54) is 11.8 Å². The zero-order valence-electron chi connectivity index (χ0n) is 17.2. The highest BCUT2D eigenvalue weighted by Gasteiger charge is 2.15. The lowest BCUT2D eigenvalue weighted by atomic mass is 10.2. The summed E-state index contributed by atoms with van der Waals surface area (Å²) in [4.78, 5) is 22.7. The molecule has 0 bridgehead atoms. The first kappa shape index (κ1) is 20.5. The van der Waals surface area contributed by atoms with Crippen LogP contribution in [0, 0.1) is 0 Å². The van der Waals surface area contributed by atoms with Crippen LogP contribution < -0.4 is 10.3 Å². The molecule has 3 heterocycles. The molecule has 5 rings (SSSR count). The van der Waals surface area contributed by atoms with Crippen LogP contribution in [-0.2, 0) is 12.3 Å². The lowest BCUT2D eigenvalue weighted by Gasteiger charge is -2.11. The normalized spacial score (nSPS) is 11.2. The molecule has 0 fully saturated rings. The van der Waals surface area contributed by atoms with Crippen LogP contribution >= 0.6 is 23.1 Å². The number of hydrogen-bond donors (Lipinski definition) is 0. The number of thioether (sulfide) groups is 1. The smallest absolute Gasteiger partial charge is 0.262 e. The monoisotopic (exact) mass is 461 g/mol. The highest BCUT2D eigenvalue weighted by molar-refractivity contribution is 7.98. The highest BCUT2D eigenvalue weighted by atomic mass is 32.2. The molecular formula is C24H19N3O3S2. The third kappa shape index (κ3) is 4.06. The Morgan fingerprint density at radius 2 is 1.91 bits per heavy atom. The van der Waals surface area contributed by atoms with Gasteiger partial charge in [0.1, 0.15) is 16.5 Å². The molecule has 160 valence electrons. The van der Waals surface area contributed by atoms with Gasteiger partial charge in [-0.15, -0.1) is 11.3 Å². The molecule has 0 amide bonds. The molecule has 0 atom stereocenters. The summed E-state index contributed by atoms with van der Waals surface area (Å²) in [5.41, 5.74) is 2.49. The summed E-state index contributed by atoms with van der Waals surface area (Å²) in [7, 11) is 1.66. The van der Waals surface area contributed by atoms with E-state index in [1.807, 2.05) is 60.0 Å². The summed E-state index contributed by atoms with van der Waals surface area (Å²) in [6, 6.07) is 18.9. The maximum atomic E-state index is 13.2. The lowest BCUT2D eigenvalue weighted by Crippen LogP contribution is -2.23. The fourth-order valence-corrected chi connectivity index (χ4v) is 5.26. The Kier molecular flexibility index (Phi) is 5.79. The first-order chi connectivity index (χ1) is 15.7. The second-order valence-corrected chi connectivity index (χ2v) is 8.82. The van der Waals surface area contributed by atoms with Gasteiger partial charge in [0.15, 0.2) is 5.16 Å². The van der Waals surface area contributed by atoms with Crippen molar-refractivity contribution >= 4 is 34.0 Å². The van der Waals surface area contributed by atoms with Gasteiger partial charge in [0.25, 0.3) is 5.56 Å². The molecule has 0 N–H and O–H groups in total. The Hall–Kier alpha value is -3.36. The number of fused-ring (bicyclic) bond motifs is 1. The van der Waals surface area contributed by atoms with Gasteiger partial charge in [-0.2, -0.15) is 0 Å². The van der Waals surface area contributed by atoms with E-state index < -0.39 is 0 Å². The topological polar surface area (TPSA) is 70.2 Å². The number of para-hydroxylation sites is 2. The predicted octanol–water partition coefficient (Wildman–Crippen LogP) is 5.46. The van der Waals surface area contributed by atoms with Crippen molar-refractivity contribution in [1.29, 1.82) is 0 Å². The third-order valence-corrected chi connectivity index (χ3v) is 6.89. The van der Waals surface area contributed by atoms with Gasteiger partial charge in [-0.25, -0.2) is 9.97 Å². The van der Waals surface area contributed by atoms with Crippen LogP contribution in [0.3, 0.4) is 0 Å². The fourth-order valence-electron chi connectivity index (χ4n) is 3.41. The molecule has 0 aliphatic rings. The summed E-state index contributed by atoms with van der Waals surface area (Å²) in [5.74, 6) is 2.09. The van der Waals surface area contributed by atoms with E-state index in [-0.39, 0.29) is 5.56 Å². The molecular weight excluding hydrogens is 442 g/mol. The van der Waals surface area contributed by atoms with Crippen LogP contribution in [-0.4, -0.2) is 21.6 Å². The van der Waals surface area contributed by atoms with Gasteiger partial charge in [0.2, 0.25) is 0 Å². The molecule has 0 radical (unpaired) electrons. The molecule has 2 aromatic carbocycles. The maximum Gasteiger partial charge on any atom is 0.262 e. The largest absolute Gasteiger partial charge is 0.496 e. The number of aromatic nitrogens is 3. The highest BCUT2D eigenvalue weighted by Crippen LogP contribution is 2.33. The second-order valence-electron chi connectivity index (χ2n) is 7.02. The zero-order valence-corrected chi connectivity index (χ0v) is 18.9. The van der Waals surface area contributed by atoms with Crippen molar-refractivity contribution in [3.63, 3.8) is 0 Å². The minimum atomic E-state index is -0.0810. The molecule has 0 aliphatic heterocycles. The van der Waals surface area contributed by atoms with Gasteiger partial charge in [-0.05, 0) is 36.4 Å². The Morgan fingerprint density at radius 3 is 2.75 bits per heavy atom. The molecule has 5 aromatic rings. The number of rotatable bonds is 7. The number of thiazole rings is 1. The van der Waals surface area contributed by atoms with Crippen molar-refractivity contribution < 1.29 is 9.15 Å². The number of hydrogen-bond acceptors (Lipinski definition) is 7. The Morgan fingerprint density at radius 1 is 1.06 bits per heavy atom. The van der Waals surface area contributed by atoms with Gasteiger partial charge < -0.3 is 9.15 Å². The quantitative estimate of drug-likeness (QED) is 0.237. The van der Waals surface area contributed by atoms with Crippen LogP contribution in [0.25, 0.3) is 21.5 Å². The molecule has 0 spiro atoms. The van der Waals surface area contributed by atoms with Crippen molar-refractivity contribution in [2.24, 2.45) is 0 Å². The van der Waals surface area contributed by atoms with Crippen molar-refractivity contribution in [2.45, 2.75) is 17.5 Å². The van der Waals surface area contributed by atoms with Crippen molar-refractivity contribution in [3.05, 3.63) is 94.1 Å². The average molecular weight is 462 g/mol. The van der Waals surface area contributed by atoms with E-state index in [4.69, 9.17) is 19.1 Å². The summed E-state index contributed by atoms with van der Waals surface area (Å²) >= 11 is 3.07. The van der Waals surface area contributed by atoms with Crippen LogP contribution in [0.4, 0.5) is 0 Å². The number of nitrogens with zero attached hydrogens (tertiary/aromatic N) is 3. The number of methoxy groups -OCH3 is 1. The number of benzene rings is 2. The minimum Gasteiger partial charge on any atom is -0.496 e. The summed E-state index contributed by atoms with van der Waals surface area (Å²) < 4.78 is 12.6. The SMILES string of the molecule is COc1ccccc1-c1nc(CSc2nc3ccccc3c(=O)n2Cc2ccco2)cs1. The summed E-state index contributed by atoms with van der Waals surface area (Å²) in [6.45, 7) is 0.329. The second kappa shape index (κ2) is 9.02. The van der Waals surface area contributed by atoms with E-state index in [2.05, 4.69) is 0 Å². The third-order valence-electron chi connectivity index (χ3n) is 4.96. The fraction of sp³-hybridized carbons (Fsp3) is 0.125. The molecule has 8 heteroatoms. The van der Waals surface area contributed by atoms with E-state index in [0.717, 1.165) is 22.0 Å². The van der Waals surface area contributed by atoms with Gasteiger partial charge in [-0.1, -0.05) is 36.0 Å². The Balaban J connectivity index is 1.45. The maximum absolute atomic E-state index is 13.2. The molecule has 0 aliphatic carbocycles. The van der Waals surface area contributed by atoms with Crippen LogP contribution in [0.1, 0.15) is 11.5 Å². The van der Waals surface area contributed by atoms with Gasteiger partial charge in [0.05, 0.1) is 42.1 Å². The minimum absolute atomic E-state index is 0.0810. The molecule has 0 saturated carbocycles. The average Bonchev–Trinajstić information content (AvgIpc) is 3.52. The van der Waals surface area contributed by atoms with Crippen molar-refractivity contribution in [3.8, 4) is 16.3 Å². The predicted molar refractivity (Wildman–Crippen MR) is 127 cm³/mol. The van der Waals surface area contributed by atoms with Crippen LogP contribution in [0.5, 0.6) is 5.75 Å². The van der Waals surface area contributed by atoms with Crippen molar-refractivity contribution in [1.82, 2.24) is 14.5 Å². The standard InChI is InChI=1S/C24H19N3O3S2/c1-29-21-11-5-3-9-19(21)22-25-16(14-31-22)15-32-24-26-20-10-4-2-8-18(20)23(28)27(24)13-17-7-6-12-30-17/h2-12,14H,13,15H2,1H3. The molecule has 0 unspecified atom stereocenters. The van der Waals surface area contributed by atoms with Gasteiger partial charge in [0, 0.05) is 11.1 Å². The van der Waals surface area contributed by atoms with E-state index in [0.29, 0.717) is 34.1 Å². The molecule has 32 heavy (non-hydrogen) atoms. The van der Waals surface area contributed by atoms with E-state index >= 15 is 0 Å². The summed E-state index contributed by atoms with van der Waals surface area (Å²) in [5, 5.41) is 4.16. The zero-order chi connectivity index (χ0) is 21.9. The lowest BCUT2D eigenvalue weighted by molar-refractivity contribution is 0.416. The van der Waals surface area contributed by atoms with Crippen LogP contribution in [0.2, 0.25) is 0 Å². The first-order valence-corrected chi connectivity index (χ1v) is 11.8. The van der Waals surface area contributed by atoms with Crippen molar-refractivity contribution in [2.75, 3.05) is 7.11 Å². The number of ether oxygens (including phenoxy) is 1. The number of furan rings is 1. The molecule has 0 saturated heterocycles. The van der Waals surface area contributed by atoms with E-state index in [9.17, 15) is 4.79 Å². The van der Waals surface area contributed by atoms with Crippen LogP contribution in [0.15, 0.2) is 86.7 Å². The molecule has 6 nitrogen and oxygen atoms in total. The van der Waals surface area contributed by atoms with Gasteiger partial charge in [-0.3, -0.25) is 9.36 Å². The Bertz CT molecular complexity index is 1420. The van der Waals surface area contributed by atoms with E-state index in [1.54, 1.807) is 35.3 Å². The Labute approximate surface area is 192 Å². The summed E-state index contributed by atoms with van der Waals surface area (Å²) in [6.07, 6.45) is 1.61. The van der Waals surface area contributed by atoms with Gasteiger partial charge >= 0.3 is 0 Å².